The molecule has 20 heavy (non-hydrogen) atoms. The van der Waals surface area contributed by atoms with Crippen LogP contribution < -0.4 is 10.5 Å². The second-order valence-corrected chi connectivity index (χ2v) is 5.59. The lowest BCUT2D eigenvalue weighted by molar-refractivity contribution is -0.142. The molecule has 0 unspecified atom stereocenters. The lowest BCUT2D eigenvalue weighted by atomic mass is 10.3. The Hall–Kier alpha value is -1.87. The summed E-state index contributed by atoms with van der Waals surface area (Å²) in [5.74, 6) is -0.906. The number of nitrogens with zero attached hydrogens (tertiary/aromatic N) is 1. The van der Waals surface area contributed by atoms with Crippen LogP contribution in [0.4, 0.5) is 0 Å². The molecule has 0 aromatic carbocycles. The third-order valence-electron chi connectivity index (χ3n) is 2.46. The Bertz CT molecular complexity index is 606. The largest absolute Gasteiger partial charge is 0.466 e. The maximum atomic E-state index is 11.8. The van der Waals surface area contributed by atoms with Crippen LogP contribution in [0.2, 0.25) is 0 Å². The molecule has 1 aromatic heterocycles. The van der Waals surface area contributed by atoms with Gasteiger partial charge >= 0.3 is 5.97 Å². The normalized spacial score (nSPS) is 11.2. The number of carbonyl (C=O) groups is 2. The number of nitrogens with one attached hydrogen (secondary N) is 1. The monoisotopic (exact) mass is 303 g/mol. The average molecular weight is 303 g/mol. The summed E-state index contributed by atoms with van der Waals surface area (Å²) in [5.41, 5.74) is 0.137. The molecule has 1 amide bonds. The van der Waals surface area contributed by atoms with Crippen molar-refractivity contribution in [3.63, 3.8) is 0 Å². The molecule has 8 nitrogen and oxygen atoms in total. The Balaban J connectivity index is 2.65. The van der Waals surface area contributed by atoms with Crippen LogP contribution in [0.15, 0.2) is 17.2 Å². The Morgan fingerprint density at radius 3 is 2.60 bits per heavy atom. The second kappa shape index (κ2) is 6.53. The van der Waals surface area contributed by atoms with E-state index in [9.17, 15) is 18.0 Å². The molecule has 1 rings (SSSR count). The minimum absolute atomic E-state index is 0.0477. The quantitative estimate of drug-likeness (QED) is 0.677. The van der Waals surface area contributed by atoms with Crippen LogP contribution in [0.25, 0.3) is 0 Å². The van der Waals surface area contributed by atoms with Crippen molar-refractivity contribution in [2.45, 2.75) is 18.2 Å². The smallest absolute Gasteiger partial charge is 0.307 e. The summed E-state index contributed by atoms with van der Waals surface area (Å²) in [6.45, 7) is 2.07. The molecule has 0 aliphatic carbocycles. The fourth-order valence-corrected chi connectivity index (χ4v) is 2.10. The van der Waals surface area contributed by atoms with Gasteiger partial charge in [0.25, 0.3) is 5.91 Å². The van der Waals surface area contributed by atoms with E-state index in [1.807, 2.05) is 0 Å². The van der Waals surface area contributed by atoms with Crippen LogP contribution in [0, 0.1) is 0 Å². The third-order valence-corrected chi connectivity index (χ3v) is 3.34. The summed E-state index contributed by atoms with van der Waals surface area (Å²) < 4.78 is 28.4. The molecular weight excluding hydrogens is 286 g/mol. The fourth-order valence-electron chi connectivity index (χ4n) is 1.52. The highest BCUT2D eigenvalue weighted by Gasteiger charge is 2.17. The number of amides is 1. The lowest BCUT2D eigenvalue weighted by Crippen LogP contribution is -2.28. The van der Waals surface area contributed by atoms with Crippen LogP contribution in [-0.2, 0) is 26.6 Å². The highest BCUT2D eigenvalue weighted by Crippen LogP contribution is 2.11. The summed E-state index contributed by atoms with van der Waals surface area (Å²) in [6, 6.07) is 1.18. The summed E-state index contributed by atoms with van der Waals surface area (Å²) in [4.78, 5) is 22.8. The zero-order valence-electron chi connectivity index (χ0n) is 11.3. The number of aromatic nitrogens is 1. The van der Waals surface area contributed by atoms with Crippen LogP contribution >= 0.6 is 0 Å². The summed E-state index contributed by atoms with van der Waals surface area (Å²) >= 11 is 0. The lowest BCUT2D eigenvalue weighted by Gasteiger charge is -2.05. The van der Waals surface area contributed by atoms with Crippen molar-refractivity contribution in [3.05, 3.63) is 18.0 Å². The van der Waals surface area contributed by atoms with Crippen molar-refractivity contribution in [2.75, 3.05) is 13.2 Å². The van der Waals surface area contributed by atoms with Gasteiger partial charge in [-0.1, -0.05) is 0 Å². The van der Waals surface area contributed by atoms with E-state index < -0.39 is 21.9 Å². The first-order valence-corrected chi connectivity index (χ1v) is 7.43. The van der Waals surface area contributed by atoms with Gasteiger partial charge in [-0.2, -0.15) is 0 Å². The van der Waals surface area contributed by atoms with Crippen LogP contribution in [0.3, 0.4) is 0 Å². The molecule has 3 N–H and O–H groups in total. The van der Waals surface area contributed by atoms with E-state index in [1.165, 1.54) is 23.9 Å². The number of sulfonamides is 1. The Kier molecular flexibility index (Phi) is 5.28. The molecule has 0 spiro atoms. The SMILES string of the molecule is CCOC(=O)CCNC(=O)c1cc(S(N)(=O)=O)cn1C. The number of esters is 1. The molecule has 0 aliphatic heterocycles. The van der Waals surface area contributed by atoms with E-state index in [0.717, 1.165) is 0 Å². The minimum atomic E-state index is -3.85. The van der Waals surface area contributed by atoms with Crippen molar-refractivity contribution < 1.29 is 22.7 Å². The van der Waals surface area contributed by atoms with Crippen molar-refractivity contribution in [2.24, 2.45) is 12.2 Å². The zero-order valence-corrected chi connectivity index (χ0v) is 12.1. The van der Waals surface area contributed by atoms with Gasteiger partial charge in [0.1, 0.15) is 10.6 Å². The molecule has 112 valence electrons. The number of nitrogens with two attached hydrogens (primary N) is 1. The first kappa shape index (κ1) is 16.2. The molecule has 1 heterocycles. The number of hydrogen-bond donors (Lipinski definition) is 2. The highest BCUT2D eigenvalue weighted by molar-refractivity contribution is 7.89. The van der Waals surface area contributed by atoms with Gasteiger partial charge in [-0.05, 0) is 13.0 Å². The van der Waals surface area contributed by atoms with Gasteiger partial charge < -0.3 is 14.6 Å². The van der Waals surface area contributed by atoms with Crippen molar-refractivity contribution in [3.8, 4) is 0 Å². The average Bonchev–Trinajstić information content (AvgIpc) is 2.71. The molecular formula is C11H17N3O5S. The number of hydrogen-bond acceptors (Lipinski definition) is 5. The fraction of sp³-hybridized carbons (Fsp3) is 0.455. The first-order chi connectivity index (χ1) is 9.25. The van der Waals surface area contributed by atoms with E-state index >= 15 is 0 Å². The highest BCUT2D eigenvalue weighted by atomic mass is 32.2. The molecule has 0 atom stereocenters. The zero-order chi connectivity index (χ0) is 15.3. The Morgan fingerprint density at radius 2 is 2.10 bits per heavy atom. The standard InChI is InChI=1S/C11H17N3O5S/c1-3-19-10(15)4-5-13-11(16)9-6-8(7-14(9)2)20(12,17)18/h6-7H,3-5H2,1-2H3,(H,13,16)(H2,12,17,18). The first-order valence-electron chi connectivity index (χ1n) is 5.88. The molecule has 0 radical (unpaired) electrons. The number of primary sulfonamides is 1. The minimum Gasteiger partial charge on any atom is -0.466 e. The van der Waals surface area contributed by atoms with E-state index in [-0.39, 0.29) is 30.2 Å². The van der Waals surface area contributed by atoms with Crippen LogP contribution in [-0.4, -0.2) is 38.0 Å². The van der Waals surface area contributed by atoms with Gasteiger partial charge in [0.05, 0.1) is 13.0 Å². The summed E-state index contributed by atoms with van der Waals surface area (Å²) in [6.07, 6.45) is 1.29. The Labute approximate surface area is 116 Å². The Morgan fingerprint density at radius 1 is 1.45 bits per heavy atom. The number of carbonyl (C=O) groups excluding carboxylic acids is 2. The number of ether oxygens (including phenoxy) is 1. The predicted molar refractivity (Wildman–Crippen MR) is 70.4 cm³/mol. The molecule has 1 aromatic rings. The topological polar surface area (TPSA) is 120 Å². The van der Waals surface area contributed by atoms with Crippen LogP contribution in [0.1, 0.15) is 23.8 Å². The second-order valence-electron chi connectivity index (χ2n) is 4.03. The van der Waals surface area contributed by atoms with Gasteiger partial charge in [-0.25, -0.2) is 13.6 Å². The molecule has 0 bridgehead atoms. The molecule has 0 aliphatic rings. The molecule has 0 fully saturated rings. The van der Waals surface area contributed by atoms with Gasteiger partial charge in [0, 0.05) is 19.8 Å². The molecule has 0 saturated heterocycles. The van der Waals surface area contributed by atoms with Crippen molar-refractivity contribution >= 4 is 21.9 Å². The van der Waals surface area contributed by atoms with Gasteiger partial charge in [0.15, 0.2) is 0 Å². The third kappa shape index (κ3) is 4.35. The van der Waals surface area contributed by atoms with E-state index in [4.69, 9.17) is 9.88 Å². The van der Waals surface area contributed by atoms with Crippen molar-refractivity contribution in [1.82, 2.24) is 9.88 Å². The number of aryl methyl sites for hydroxylation is 1. The maximum absolute atomic E-state index is 11.8. The van der Waals surface area contributed by atoms with E-state index in [2.05, 4.69) is 5.32 Å². The number of rotatable bonds is 6. The predicted octanol–water partition coefficient (Wildman–Crippen LogP) is -0.644. The van der Waals surface area contributed by atoms with E-state index in [0.29, 0.717) is 0 Å². The molecule has 9 heteroatoms. The van der Waals surface area contributed by atoms with Gasteiger partial charge in [0.2, 0.25) is 10.0 Å². The summed E-state index contributed by atoms with van der Waals surface area (Å²) in [5, 5.41) is 7.48. The summed E-state index contributed by atoms with van der Waals surface area (Å²) in [7, 11) is -2.33. The van der Waals surface area contributed by atoms with Crippen LogP contribution in [0.5, 0.6) is 0 Å². The van der Waals surface area contributed by atoms with Crippen molar-refractivity contribution in [1.29, 1.82) is 0 Å². The van der Waals surface area contributed by atoms with Gasteiger partial charge in [-0.15, -0.1) is 0 Å². The van der Waals surface area contributed by atoms with E-state index in [1.54, 1.807) is 6.92 Å². The maximum Gasteiger partial charge on any atom is 0.307 e. The van der Waals surface area contributed by atoms with Gasteiger partial charge in [-0.3, -0.25) is 9.59 Å². The molecule has 0 saturated carbocycles.